The lowest BCUT2D eigenvalue weighted by Crippen LogP contribution is -2.27. The molecule has 0 aromatic heterocycles. The van der Waals surface area contributed by atoms with Crippen LogP contribution in [0.25, 0.3) is 0 Å². The van der Waals surface area contributed by atoms with Crippen molar-refractivity contribution in [1.29, 1.82) is 0 Å². The molecule has 1 heterocycles. The summed E-state index contributed by atoms with van der Waals surface area (Å²) in [4.78, 5) is 26.9. The van der Waals surface area contributed by atoms with E-state index < -0.39 is 0 Å². The minimum atomic E-state index is -0.0737. The minimum absolute atomic E-state index is 0.0646. The molecule has 4 nitrogen and oxygen atoms in total. The Morgan fingerprint density at radius 1 is 1.03 bits per heavy atom. The summed E-state index contributed by atoms with van der Waals surface area (Å²) >= 11 is 1.63. The second-order valence-electron chi connectivity index (χ2n) is 8.14. The first-order chi connectivity index (χ1) is 15.1. The predicted octanol–water partition coefficient (Wildman–Crippen LogP) is 6.72. The number of nitrogens with one attached hydrogen (secondary N) is 1. The van der Waals surface area contributed by atoms with Crippen molar-refractivity contribution in [2.24, 2.45) is 0 Å². The molecule has 1 saturated heterocycles. The van der Waals surface area contributed by atoms with Gasteiger partial charge in [-0.1, -0.05) is 70.2 Å². The normalized spacial score (nSPS) is 16.0. The van der Waals surface area contributed by atoms with Crippen LogP contribution in [0.3, 0.4) is 0 Å². The number of carbonyl (C=O) groups is 2. The SMILES string of the molecule is CCCCCCCCC(=O)Nc1cccc(C2SCC(=O)N2c2ccc(CC)cc2)c1. The van der Waals surface area contributed by atoms with Crippen LogP contribution in [-0.2, 0) is 16.0 Å². The summed E-state index contributed by atoms with van der Waals surface area (Å²) in [5.41, 5.74) is 4.02. The highest BCUT2D eigenvalue weighted by molar-refractivity contribution is 8.00. The van der Waals surface area contributed by atoms with Gasteiger partial charge in [-0.3, -0.25) is 14.5 Å². The summed E-state index contributed by atoms with van der Waals surface area (Å²) in [6.45, 7) is 4.34. The van der Waals surface area contributed by atoms with Gasteiger partial charge in [-0.05, 0) is 48.2 Å². The lowest BCUT2D eigenvalue weighted by Gasteiger charge is -2.25. The summed E-state index contributed by atoms with van der Waals surface area (Å²) in [5, 5.41) is 2.96. The lowest BCUT2D eigenvalue weighted by atomic mass is 10.1. The van der Waals surface area contributed by atoms with Crippen LogP contribution in [0.1, 0.15) is 75.3 Å². The van der Waals surface area contributed by atoms with Crippen LogP contribution < -0.4 is 10.2 Å². The third kappa shape index (κ3) is 6.60. The summed E-state index contributed by atoms with van der Waals surface area (Å²) in [6.07, 6.45) is 8.57. The van der Waals surface area contributed by atoms with Gasteiger partial charge >= 0.3 is 0 Å². The zero-order valence-electron chi connectivity index (χ0n) is 18.7. The van der Waals surface area contributed by atoms with E-state index in [1.54, 1.807) is 11.8 Å². The maximum atomic E-state index is 12.6. The van der Waals surface area contributed by atoms with Crippen LogP contribution in [0.2, 0.25) is 0 Å². The van der Waals surface area contributed by atoms with Crippen LogP contribution in [0.4, 0.5) is 11.4 Å². The Kier molecular flexibility index (Phi) is 9.01. The Hall–Kier alpha value is -2.27. The average Bonchev–Trinajstić information content (AvgIpc) is 3.18. The lowest BCUT2D eigenvalue weighted by molar-refractivity contribution is -0.117. The van der Waals surface area contributed by atoms with Gasteiger partial charge in [0, 0.05) is 17.8 Å². The number of aryl methyl sites for hydroxylation is 1. The molecule has 1 aliphatic heterocycles. The van der Waals surface area contributed by atoms with Crippen molar-refractivity contribution in [3.8, 4) is 0 Å². The van der Waals surface area contributed by atoms with Gasteiger partial charge < -0.3 is 5.32 Å². The van der Waals surface area contributed by atoms with E-state index in [2.05, 4.69) is 31.3 Å². The zero-order valence-corrected chi connectivity index (χ0v) is 19.5. The number of rotatable bonds is 11. The first-order valence-electron chi connectivity index (χ1n) is 11.5. The molecular weight excluding hydrogens is 404 g/mol. The molecule has 1 N–H and O–H groups in total. The van der Waals surface area contributed by atoms with E-state index in [0.717, 1.165) is 36.2 Å². The molecule has 1 atom stereocenters. The summed E-state index contributed by atoms with van der Waals surface area (Å²) < 4.78 is 0. The molecule has 5 heteroatoms. The number of anilines is 2. The van der Waals surface area contributed by atoms with E-state index in [0.29, 0.717) is 12.2 Å². The quantitative estimate of drug-likeness (QED) is 0.396. The first kappa shape index (κ1) is 23.4. The molecule has 0 bridgehead atoms. The van der Waals surface area contributed by atoms with E-state index in [1.807, 2.05) is 41.3 Å². The van der Waals surface area contributed by atoms with E-state index in [9.17, 15) is 9.59 Å². The number of benzene rings is 2. The van der Waals surface area contributed by atoms with Gasteiger partial charge in [0.25, 0.3) is 0 Å². The number of hydrogen-bond acceptors (Lipinski definition) is 3. The van der Waals surface area contributed by atoms with Crippen LogP contribution in [0, 0.1) is 0 Å². The highest BCUT2D eigenvalue weighted by Gasteiger charge is 2.34. The monoisotopic (exact) mass is 438 g/mol. The van der Waals surface area contributed by atoms with Crippen molar-refractivity contribution in [1.82, 2.24) is 0 Å². The van der Waals surface area contributed by atoms with Crippen molar-refractivity contribution in [2.45, 2.75) is 70.6 Å². The van der Waals surface area contributed by atoms with Gasteiger partial charge in [0.15, 0.2) is 0 Å². The fourth-order valence-electron chi connectivity index (χ4n) is 3.90. The maximum absolute atomic E-state index is 12.6. The van der Waals surface area contributed by atoms with E-state index >= 15 is 0 Å². The van der Waals surface area contributed by atoms with Crippen molar-refractivity contribution in [3.63, 3.8) is 0 Å². The molecule has 1 aliphatic rings. The van der Waals surface area contributed by atoms with Crippen molar-refractivity contribution < 1.29 is 9.59 Å². The number of nitrogens with zero attached hydrogens (tertiary/aromatic N) is 1. The molecule has 2 aromatic rings. The highest BCUT2D eigenvalue weighted by Crippen LogP contribution is 2.42. The van der Waals surface area contributed by atoms with Crippen LogP contribution >= 0.6 is 11.8 Å². The summed E-state index contributed by atoms with van der Waals surface area (Å²) in [7, 11) is 0. The van der Waals surface area contributed by atoms with E-state index in [1.165, 1.54) is 31.2 Å². The first-order valence-corrected chi connectivity index (χ1v) is 12.6. The van der Waals surface area contributed by atoms with Gasteiger partial charge in [0.1, 0.15) is 5.37 Å². The minimum Gasteiger partial charge on any atom is -0.326 e. The summed E-state index contributed by atoms with van der Waals surface area (Å²) in [6, 6.07) is 16.1. The summed E-state index contributed by atoms with van der Waals surface area (Å²) in [5.74, 6) is 0.654. The van der Waals surface area contributed by atoms with Gasteiger partial charge in [-0.25, -0.2) is 0 Å². The Morgan fingerprint density at radius 2 is 1.77 bits per heavy atom. The number of unbranched alkanes of at least 4 members (excludes halogenated alkanes) is 5. The molecule has 1 fully saturated rings. The maximum Gasteiger partial charge on any atom is 0.238 e. The number of hydrogen-bond donors (Lipinski definition) is 1. The average molecular weight is 439 g/mol. The number of amides is 2. The molecule has 31 heavy (non-hydrogen) atoms. The fourth-order valence-corrected chi connectivity index (χ4v) is 5.07. The van der Waals surface area contributed by atoms with Gasteiger partial charge in [0.05, 0.1) is 5.75 Å². The molecule has 2 aromatic carbocycles. The topological polar surface area (TPSA) is 49.4 Å². The molecular formula is C26H34N2O2S. The van der Waals surface area contributed by atoms with Crippen molar-refractivity contribution in [3.05, 3.63) is 59.7 Å². The van der Waals surface area contributed by atoms with Gasteiger partial charge in [-0.2, -0.15) is 0 Å². The molecule has 166 valence electrons. The second-order valence-corrected chi connectivity index (χ2v) is 9.21. The van der Waals surface area contributed by atoms with Crippen LogP contribution in [0.5, 0.6) is 0 Å². The Morgan fingerprint density at radius 3 is 2.52 bits per heavy atom. The molecule has 1 unspecified atom stereocenters. The smallest absolute Gasteiger partial charge is 0.238 e. The standard InChI is InChI=1S/C26H34N2O2S/c1-3-5-6-7-8-9-13-24(29)27-22-12-10-11-21(18-22)26-28(25(30)19-31-26)23-16-14-20(4-2)15-17-23/h10-12,14-18,26H,3-9,13,19H2,1-2H3,(H,27,29). The van der Waals surface area contributed by atoms with Gasteiger partial charge in [0.2, 0.25) is 11.8 Å². The molecule has 0 spiro atoms. The molecule has 2 amide bonds. The van der Waals surface area contributed by atoms with E-state index in [-0.39, 0.29) is 17.2 Å². The Balaban J connectivity index is 1.61. The van der Waals surface area contributed by atoms with Gasteiger partial charge in [-0.15, -0.1) is 11.8 Å². The largest absolute Gasteiger partial charge is 0.326 e. The number of carbonyl (C=O) groups excluding carboxylic acids is 2. The third-order valence-electron chi connectivity index (χ3n) is 5.70. The van der Waals surface area contributed by atoms with Crippen LogP contribution in [-0.4, -0.2) is 17.6 Å². The molecule has 0 aliphatic carbocycles. The predicted molar refractivity (Wildman–Crippen MR) is 132 cm³/mol. The molecule has 0 saturated carbocycles. The number of thioether (sulfide) groups is 1. The third-order valence-corrected chi connectivity index (χ3v) is 6.92. The van der Waals surface area contributed by atoms with Crippen LogP contribution in [0.15, 0.2) is 48.5 Å². The van der Waals surface area contributed by atoms with Crippen molar-refractivity contribution in [2.75, 3.05) is 16.0 Å². The Bertz CT molecular complexity index is 866. The van der Waals surface area contributed by atoms with Crippen molar-refractivity contribution >= 4 is 35.0 Å². The van der Waals surface area contributed by atoms with E-state index in [4.69, 9.17) is 0 Å². The Labute approximate surface area is 190 Å². The molecule has 3 rings (SSSR count). The molecule has 0 radical (unpaired) electrons. The fraction of sp³-hybridized carbons (Fsp3) is 0.462. The zero-order chi connectivity index (χ0) is 22.1. The highest BCUT2D eigenvalue weighted by atomic mass is 32.2. The second kappa shape index (κ2) is 11.9.